The highest BCUT2D eigenvalue weighted by molar-refractivity contribution is 5.89. The normalized spacial score (nSPS) is 15.3. The first-order chi connectivity index (χ1) is 15.5. The summed E-state index contributed by atoms with van der Waals surface area (Å²) in [6.45, 7) is 6.48. The lowest BCUT2D eigenvalue weighted by molar-refractivity contribution is -0.140. The monoisotopic (exact) mass is 463 g/mol. The standard InChI is InChI=1S/C23H25F4N5O/c1-12-9-15(14(3)30-17-6-5-13(2)29-20(17)23(25,26)27)18-16(10-12)22(33)31(4)21(19(18)24)32-8-7-28-11-32/h5-6,9-10,14,28,30H,7-8,11H2,1-4H3/t14-/m1/s1. The van der Waals surface area contributed by atoms with Gasteiger partial charge in [-0.2, -0.15) is 13.2 Å². The smallest absolute Gasteiger partial charge is 0.377 e. The van der Waals surface area contributed by atoms with E-state index in [4.69, 9.17) is 0 Å². The number of halogens is 4. The van der Waals surface area contributed by atoms with Crippen LogP contribution in [-0.2, 0) is 13.2 Å². The lowest BCUT2D eigenvalue weighted by Crippen LogP contribution is -2.31. The molecule has 0 spiro atoms. The van der Waals surface area contributed by atoms with Crippen LogP contribution in [-0.4, -0.2) is 29.3 Å². The lowest BCUT2D eigenvalue weighted by Gasteiger charge is -2.25. The Morgan fingerprint density at radius 3 is 2.58 bits per heavy atom. The van der Waals surface area contributed by atoms with E-state index in [-0.39, 0.29) is 33.5 Å². The molecule has 0 radical (unpaired) electrons. The van der Waals surface area contributed by atoms with Gasteiger partial charge >= 0.3 is 6.18 Å². The third kappa shape index (κ3) is 4.15. The molecule has 3 heterocycles. The number of nitrogens with one attached hydrogen (secondary N) is 2. The Morgan fingerprint density at radius 2 is 1.94 bits per heavy atom. The molecule has 1 fully saturated rings. The Labute approximate surface area is 188 Å². The maximum Gasteiger partial charge on any atom is 0.435 e. The van der Waals surface area contributed by atoms with E-state index in [2.05, 4.69) is 15.6 Å². The number of hydrogen-bond donors (Lipinski definition) is 2. The molecule has 0 amide bonds. The third-order valence-corrected chi connectivity index (χ3v) is 5.88. The summed E-state index contributed by atoms with van der Waals surface area (Å²) in [5.74, 6) is -0.416. The van der Waals surface area contributed by atoms with Gasteiger partial charge in [-0.25, -0.2) is 9.37 Å². The second-order valence-corrected chi connectivity index (χ2v) is 8.41. The van der Waals surface area contributed by atoms with Crippen molar-refractivity contribution in [2.75, 3.05) is 30.0 Å². The second-order valence-electron chi connectivity index (χ2n) is 8.41. The zero-order chi connectivity index (χ0) is 24.1. The summed E-state index contributed by atoms with van der Waals surface area (Å²) in [6.07, 6.45) is -4.65. The van der Waals surface area contributed by atoms with Crippen molar-refractivity contribution in [3.63, 3.8) is 0 Å². The van der Waals surface area contributed by atoms with E-state index in [1.165, 1.54) is 30.7 Å². The van der Waals surface area contributed by atoms with Gasteiger partial charge in [0.05, 0.1) is 17.7 Å². The summed E-state index contributed by atoms with van der Waals surface area (Å²) >= 11 is 0. The maximum atomic E-state index is 15.9. The highest BCUT2D eigenvalue weighted by atomic mass is 19.4. The largest absolute Gasteiger partial charge is 0.435 e. The molecule has 3 aromatic rings. The molecule has 1 aromatic carbocycles. The van der Waals surface area contributed by atoms with Crippen molar-refractivity contribution < 1.29 is 17.6 Å². The number of alkyl halides is 3. The van der Waals surface area contributed by atoms with E-state index in [0.717, 1.165) is 0 Å². The Bertz CT molecular complexity index is 1280. The second kappa shape index (κ2) is 8.33. The molecule has 4 rings (SSSR count). The topological polar surface area (TPSA) is 62.2 Å². The summed E-state index contributed by atoms with van der Waals surface area (Å²) in [4.78, 5) is 18.5. The van der Waals surface area contributed by atoms with Crippen LogP contribution in [0, 0.1) is 19.7 Å². The molecule has 1 atom stereocenters. The van der Waals surface area contributed by atoms with Crippen LogP contribution in [0.5, 0.6) is 0 Å². The van der Waals surface area contributed by atoms with Crippen LogP contribution in [0.3, 0.4) is 0 Å². The number of benzene rings is 1. The molecule has 0 aliphatic carbocycles. The van der Waals surface area contributed by atoms with Crippen LogP contribution in [0.2, 0.25) is 0 Å². The minimum absolute atomic E-state index is 0.110. The zero-order valence-electron chi connectivity index (χ0n) is 18.8. The average Bonchev–Trinajstić information content (AvgIpc) is 3.26. The molecule has 2 N–H and O–H groups in total. The van der Waals surface area contributed by atoms with Crippen LogP contribution in [0.15, 0.2) is 29.1 Å². The van der Waals surface area contributed by atoms with Gasteiger partial charge < -0.3 is 10.2 Å². The molecule has 0 unspecified atom stereocenters. The molecule has 1 aliphatic rings. The fourth-order valence-corrected chi connectivity index (χ4v) is 4.34. The van der Waals surface area contributed by atoms with Gasteiger partial charge in [-0.3, -0.25) is 14.7 Å². The summed E-state index contributed by atoms with van der Waals surface area (Å²) in [5, 5.41) is 6.26. The number of hydrogen-bond acceptors (Lipinski definition) is 5. The SMILES string of the molecule is Cc1cc([C@@H](C)Nc2ccc(C)nc2C(F)(F)F)c2c(F)c(N3CCNC3)n(C)c(=O)c2c1. The van der Waals surface area contributed by atoms with Crippen molar-refractivity contribution >= 4 is 22.3 Å². The van der Waals surface area contributed by atoms with Crippen LogP contribution in [0.25, 0.3) is 10.8 Å². The van der Waals surface area contributed by atoms with Gasteiger partial charge in [-0.15, -0.1) is 0 Å². The lowest BCUT2D eigenvalue weighted by atomic mass is 9.96. The molecule has 176 valence electrons. The number of fused-ring (bicyclic) bond motifs is 1. The van der Waals surface area contributed by atoms with E-state index in [1.807, 2.05) is 0 Å². The molecular formula is C23H25F4N5O. The molecule has 1 saturated heterocycles. The minimum Gasteiger partial charge on any atom is -0.377 e. The zero-order valence-corrected chi connectivity index (χ0v) is 18.8. The molecular weight excluding hydrogens is 438 g/mol. The first-order valence-corrected chi connectivity index (χ1v) is 10.6. The van der Waals surface area contributed by atoms with E-state index in [0.29, 0.717) is 30.9 Å². The number of pyridine rings is 2. The molecule has 0 bridgehead atoms. The fourth-order valence-electron chi connectivity index (χ4n) is 4.34. The van der Waals surface area contributed by atoms with Gasteiger partial charge in [0.25, 0.3) is 5.56 Å². The highest BCUT2D eigenvalue weighted by Crippen LogP contribution is 2.37. The number of nitrogens with zero attached hydrogens (tertiary/aromatic N) is 3. The van der Waals surface area contributed by atoms with Crippen molar-refractivity contribution in [3.05, 3.63) is 63.0 Å². The Morgan fingerprint density at radius 1 is 1.21 bits per heavy atom. The summed E-state index contributed by atoms with van der Waals surface area (Å²) in [7, 11) is 1.52. The highest BCUT2D eigenvalue weighted by Gasteiger charge is 2.36. The number of aryl methyl sites for hydroxylation is 2. The summed E-state index contributed by atoms with van der Waals surface area (Å²) in [6, 6.07) is 5.37. The van der Waals surface area contributed by atoms with Gasteiger partial charge in [0.15, 0.2) is 11.5 Å². The first kappa shape index (κ1) is 23.0. The van der Waals surface area contributed by atoms with Crippen LogP contribution in [0.1, 0.15) is 35.5 Å². The van der Waals surface area contributed by atoms with E-state index in [9.17, 15) is 18.0 Å². The molecule has 0 saturated carbocycles. The number of anilines is 2. The fraction of sp³-hybridized carbons (Fsp3) is 0.391. The number of aromatic nitrogens is 2. The van der Waals surface area contributed by atoms with Crippen LogP contribution >= 0.6 is 0 Å². The van der Waals surface area contributed by atoms with Crippen molar-refractivity contribution in [3.8, 4) is 0 Å². The first-order valence-electron chi connectivity index (χ1n) is 10.6. The van der Waals surface area contributed by atoms with Crippen molar-refractivity contribution in [1.29, 1.82) is 0 Å². The van der Waals surface area contributed by atoms with Gasteiger partial charge in [0.2, 0.25) is 0 Å². The van der Waals surface area contributed by atoms with Gasteiger partial charge in [0.1, 0.15) is 5.82 Å². The Balaban J connectivity index is 1.89. The van der Waals surface area contributed by atoms with E-state index < -0.39 is 23.7 Å². The quantitative estimate of drug-likeness (QED) is 0.567. The van der Waals surface area contributed by atoms with Crippen molar-refractivity contribution in [2.24, 2.45) is 7.05 Å². The average molecular weight is 463 g/mol. The van der Waals surface area contributed by atoms with Gasteiger partial charge in [0, 0.05) is 37.3 Å². The molecule has 2 aromatic heterocycles. The summed E-state index contributed by atoms with van der Waals surface area (Å²) in [5.41, 5.74) is -0.257. The third-order valence-electron chi connectivity index (χ3n) is 5.88. The van der Waals surface area contributed by atoms with Crippen LogP contribution in [0.4, 0.5) is 29.1 Å². The molecule has 1 aliphatic heterocycles. The van der Waals surface area contributed by atoms with Crippen LogP contribution < -0.4 is 21.1 Å². The van der Waals surface area contributed by atoms with E-state index >= 15 is 4.39 Å². The predicted octanol–water partition coefficient (Wildman–Crippen LogP) is 4.25. The predicted molar refractivity (Wildman–Crippen MR) is 120 cm³/mol. The Hall–Kier alpha value is -3.14. The van der Waals surface area contributed by atoms with Gasteiger partial charge in [-0.05, 0) is 50.1 Å². The van der Waals surface area contributed by atoms with E-state index in [1.54, 1.807) is 30.9 Å². The van der Waals surface area contributed by atoms with Gasteiger partial charge in [-0.1, -0.05) is 6.07 Å². The molecule has 6 nitrogen and oxygen atoms in total. The molecule has 33 heavy (non-hydrogen) atoms. The number of rotatable bonds is 4. The summed E-state index contributed by atoms with van der Waals surface area (Å²) < 4.78 is 57.9. The van der Waals surface area contributed by atoms with Crippen molar-refractivity contribution in [2.45, 2.75) is 33.0 Å². The maximum absolute atomic E-state index is 15.9. The Kier molecular flexibility index (Phi) is 5.81. The minimum atomic E-state index is -4.65. The molecule has 10 heteroatoms. The van der Waals surface area contributed by atoms with Crippen molar-refractivity contribution in [1.82, 2.24) is 14.9 Å².